The second kappa shape index (κ2) is 8.27. The Hall–Kier alpha value is -3.48. The summed E-state index contributed by atoms with van der Waals surface area (Å²) in [6.07, 6.45) is 3.80. The van der Waals surface area contributed by atoms with Crippen LogP contribution >= 0.6 is 0 Å². The number of aromatic amines is 1. The third kappa shape index (κ3) is 4.78. The van der Waals surface area contributed by atoms with E-state index >= 15 is 0 Å². The number of nitrogens with one attached hydrogen (secondary N) is 1. The molecule has 0 fully saturated rings. The molecule has 1 aromatic heterocycles. The molecule has 1 heterocycles. The summed E-state index contributed by atoms with van der Waals surface area (Å²) < 4.78 is 5.31. The summed E-state index contributed by atoms with van der Waals surface area (Å²) in [6.45, 7) is 5.65. The highest BCUT2D eigenvalue weighted by molar-refractivity contribution is 5.97. The van der Waals surface area contributed by atoms with Gasteiger partial charge in [0.2, 0.25) is 0 Å². The first kappa shape index (κ1) is 19.8. The van der Waals surface area contributed by atoms with Gasteiger partial charge in [-0.25, -0.2) is 4.79 Å². The van der Waals surface area contributed by atoms with E-state index in [1.807, 2.05) is 6.92 Å². The largest absolute Gasteiger partial charge is 0.508 e. The summed E-state index contributed by atoms with van der Waals surface area (Å²) in [6, 6.07) is 3.84. The van der Waals surface area contributed by atoms with Crippen molar-refractivity contribution in [2.45, 2.75) is 19.8 Å². The van der Waals surface area contributed by atoms with E-state index in [-0.39, 0.29) is 28.3 Å². The molecule has 0 aliphatic carbocycles. The minimum atomic E-state index is -1.30. The van der Waals surface area contributed by atoms with Crippen LogP contribution in [0.5, 0.6) is 17.2 Å². The predicted molar refractivity (Wildman–Crippen MR) is 102 cm³/mol. The quantitative estimate of drug-likeness (QED) is 0.555. The van der Waals surface area contributed by atoms with Crippen LogP contribution in [0.3, 0.4) is 0 Å². The summed E-state index contributed by atoms with van der Waals surface area (Å²) in [5.74, 6) is -1.53. The number of phenols is 1. The van der Waals surface area contributed by atoms with Crippen LogP contribution in [0.4, 0.5) is 0 Å². The van der Waals surface area contributed by atoms with E-state index in [9.17, 15) is 24.9 Å². The molecule has 0 spiro atoms. The van der Waals surface area contributed by atoms with Gasteiger partial charge in [-0.2, -0.15) is 0 Å². The highest BCUT2D eigenvalue weighted by Gasteiger charge is 2.21. The van der Waals surface area contributed by atoms with Crippen molar-refractivity contribution in [1.82, 2.24) is 4.98 Å². The number of carboxylic acid groups (broad SMARTS) is 1. The molecular weight excluding hydrogens is 350 g/mol. The summed E-state index contributed by atoms with van der Waals surface area (Å²) in [5, 5.41) is 29.6. The summed E-state index contributed by atoms with van der Waals surface area (Å²) in [4.78, 5) is 25.6. The van der Waals surface area contributed by atoms with E-state index < -0.39 is 11.5 Å². The zero-order valence-electron chi connectivity index (χ0n) is 15.1. The number of hydrogen-bond acceptors (Lipinski definition) is 5. The SMILES string of the molecule is C=C(C)CCc1c(OC)cc(/C=C/c2cc(O)cc(=O)[nH]2)c(C(=O)O)c1O. The second-order valence-electron chi connectivity index (χ2n) is 6.12. The highest BCUT2D eigenvalue weighted by atomic mass is 16.5. The number of rotatable bonds is 7. The van der Waals surface area contributed by atoms with E-state index in [1.54, 1.807) is 0 Å². The van der Waals surface area contributed by atoms with Gasteiger partial charge in [-0.3, -0.25) is 4.79 Å². The molecule has 0 aliphatic rings. The van der Waals surface area contributed by atoms with Crippen molar-refractivity contribution in [2.75, 3.05) is 7.11 Å². The number of hydrogen-bond donors (Lipinski definition) is 4. The van der Waals surface area contributed by atoms with Gasteiger partial charge < -0.3 is 25.0 Å². The molecule has 0 aliphatic heterocycles. The number of allylic oxidation sites excluding steroid dienone is 1. The number of aromatic carboxylic acids is 1. The van der Waals surface area contributed by atoms with Gasteiger partial charge in [0.15, 0.2) is 0 Å². The predicted octanol–water partition coefficient (Wildman–Crippen LogP) is 3.17. The summed E-state index contributed by atoms with van der Waals surface area (Å²) in [5.41, 5.74) is 0.988. The van der Waals surface area contributed by atoms with Gasteiger partial charge in [-0.1, -0.05) is 11.6 Å². The molecule has 142 valence electrons. The number of ether oxygens (including phenoxy) is 1. The molecule has 2 rings (SSSR count). The van der Waals surface area contributed by atoms with Crippen molar-refractivity contribution in [3.63, 3.8) is 0 Å². The summed E-state index contributed by atoms with van der Waals surface area (Å²) >= 11 is 0. The van der Waals surface area contributed by atoms with Crippen LogP contribution in [0.25, 0.3) is 12.2 Å². The van der Waals surface area contributed by atoms with Gasteiger partial charge in [0, 0.05) is 23.4 Å². The van der Waals surface area contributed by atoms with Crippen LogP contribution in [-0.4, -0.2) is 33.4 Å². The van der Waals surface area contributed by atoms with Crippen LogP contribution < -0.4 is 10.3 Å². The topological polar surface area (TPSA) is 120 Å². The maximum Gasteiger partial charge on any atom is 0.340 e. The molecule has 0 atom stereocenters. The molecular formula is C20H21NO6. The molecule has 0 amide bonds. The normalized spacial score (nSPS) is 10.9. The fourth-order valence-corrected chi connectivity index (χ4v) is 2.64. The van der Waals surface area contributed by atoms with Crippen LogP contribution in [0, 0.1) is 0 Å². The Morgan fingerprint density at radius 1 is 1.26 bits per heavy atom. The fraction of sp³-hybridized carbons (Fsp3) is 0.200. The molecule has 0 saturated heterocycles. The fourth-order valence-electron chi connectivity index (χ4n) is 2.64. The number of pyridine rings is 1. The first-order chi connectivity index (χ1) is 12.7. The van der Waals surface area contributed by atoms with Gasteiger partial charge in [0.05, 0.1) is 7.11 Å². The average Bonchev–Trinajstić information content (AvgIpc) is 2.57. The lowest BCUT2D eigenvalue weighted by Crippen LogP contribution is -2.06. The smallest absolute Gasteiger partial charge is 0.340 e. The lowest BCUT2D eigenvalue weighted by atomic mass is 9.96. The van der Waals surface area contributed by atoms with Crippen molar-refractivity contribution in [3.05, 3.63) is 63.1 Å². The summed E-state index contributed by atoms with van der Waals surface area (Å²) in [7, 11) is 1.43. The Labute approximate surface area is 155 Å². The van der Waals surface area contributed by atoms with E-state index in [0.717, 1.165) is 11.6 Å². The Balaban J connectivity index is 2.56. The van der Waals surface area contributed by atoms with Gasteiger partial charge in [0.25, 0.3) is 5.56 Å². The average molecular weight is 371 g/mol. The number of carbonyl (C=O) groups is 1. The molecule has 0 bridgehead atoms. The molecule has 7 heteroatoms. The monoisotopic (exact) mass is 371 g/mol. The van der Waals surface area contributed by atoms with Gasteiger partial charge >= 0.3 is 5.97 Å². The van der Waals surface area contributed by atoms with Crippen molar-refractivity contribution in [3.8, 4) is 17.2 Å². The van der Waals surface area contributed by atoms with E-state index in [4.69, 9.17) is 4.74 Å². The molecule has 7 nitrogen and oxygen atoms in total. The number of aromatic hydroxyl groups is 2. The van der Waals surface area contributed by atoms with E-state index in [1.165, 1.54) is 31.4 Å². The zero-order valence-corrected chi connectivity index (χ0v) is 15.1. The number of H-pyrrole nitrogens is 1. The molecule has 0 saturated carbocycles. The standard InChI is InChI=1S/C20H21NO6/c1-11(2)4-7-15-16(27-3)8-12(18(19(15)24)20(25)26)5-6-13-9-14(22)10-17(23)21-13/h5-6,8-10,24H,1,4,7H2,2-3H3,(H,25,26)(H2,21,22,23)/b6-5+. The molecule has 0 unspecified atom stereocenters. The van der Waals surface area contributed by atoms with Crippen molar-refractivity contribution in [2.24, 2.45) is 0 Å². The first-order valence-corrected chi connectivity index (χ1v) is 8.14. The number of carboxylic acids is 1. The lowest BCUT2D eigenvalue weighted by molar-refractivity contribution is 0.0693. The second-order valence-corrected chi connectivity index (χ2v) is 6.12. The van der Waals surface area contributed by atoms with Crippen LogP contribution in [0.1, 0.15) is 40.5 Å². The van der Waals surface area contributed by atoms with Crippen LogP contribution in [0.2, 0.25) is 0 Å². The van der Waals surface area contributed by atoms with E-state index in [2.05, 4.69) is 11.6 Å². The molecule has 2 aromatic rings. The van der Waals surface area contributed by atoms with Crippen LogP contribution in [0.15, 0.2) is 35.1 Å². The van der Waals surface area contributed by atoms with Crippen molar-refractivity contribution >= 4 is 18.1 Å². The van der Waals surface area contributed by atoms with Gasteiger partial charge in [-0.05, 0) is 37.5 Å². The number of aromatic nitrogens is 1. The maximum absolute atomic E-state index is 11.7. The third-order valence-electron chi connectivity index (χ3n) is 3.92. The molecule has 4 N–H and O–H groups in total. The molecule has 0 radical (unpaired) electrons. The molecule has 1 aromatic carbocycles. The number of benzene rings is 1. The lowest BCUT2D eigenvalue weighted by Gasteiger charge is -2.15. The highest BCUT2D eigenvalue weighted by Crippen LogP contribution is 2.36. The zero-order chi connectivity index (χ0) is 20.1. The minimum Gasteiger partial charge on any atom is -0.508 e. The Bertz CT molecular complexity index is 971. The maximum atomic E-state index is 11.7. The van der Waals surface area contributed by atoms with Crippen LogP contribution in [-0.2, 0) is 6.42 Å². The first-order valence-electron chi connectivity index (χ1n) is 8.14. The van der Waals surface area contributed by atoms with Gasteiger partial charge in [-0.15, -0.1) is 6.58 Å². The van der Waals surface area contributed by atoms with Crippen molar-refractivity contribution < 1.29 is 24.9 Å². The van der Waals surface area contributed by atoms with Gasteiger partial charge in [0.1, 0.15) is 22.8 Å². The number of methoxy groups -OCH3 is 1. The Morgan fingerprint density at radius 3 is 2.52 bits per heavy atom. The van der Waals surface area contributed by atoms with Crippen molar-refractivity contribution in [1.29, 1.82) is 0 Å². The minimum absolute atomic E-state index is 0.195. The Kier molecular flexibility index (Phi) is 6.07. The van der Waals surface area contributed by atoms with E-state index in [0.29, 0.717) is 24.2 Å². The third-order valence-corrected chi connectivity index (χ3v) is 3.92. The Morgan fingerprint density at radius 2 is 1.96 bits per heavy atom. The molecule has 27 heavy (non-hydrogen) atoms.